The minimum Gasteiger partial charge on any atom is -0.344 e. The molecule has 0 unspecified atom stereocenters. The number of nitrogens with zero attached hydrogens (tertiary/aromatic N) is 1. The molecule has 1 aromatic carbocycles. The summed E-state index contributed by atoms with van der Waals surface area (Å²) in [6, 6.07) is 8.48. The van der Waals surface area contributed by atoms with Crippen molar-refractivity contribution in [3.8, 4) is 0 Å². The highest BCUT2D eigenvalue weighted by Gasteiger charge is 2.44. The molecule has 1 aliphatic carbocycles. The lowest BCUT2D eigenvalue weighted by atomic mass is 9.97. The number of Topliss-reactive ketones (excluding diaryl/α,β-unsaturated/α-hetero) is 1. The summed E-state index contributed by atoms with van der Waals surface area (Å²) in [5.41, 5.74) is 0.397. The molecule has 1 heterocycles. The van der Waals surface area contributed by atoms with Crippen molar-refractivity contribution in [1.29, 1.82) is 0 Å². The van der Waals surface area contributed by atoms with E-state index in [2.05, 4.69) is 5.32 Å². The highest BCUT2D eigenvalue weighted by Crippen LogP contribution is 2.41. The fraction of sp³-hybridized carbons (Fsp3) is 0.526. The normalized spacial score (nSPS) is 22.7. The number of carbonyl (C=O) groups is 3. The first kappa shape index (κ1) is 18.0. The van der Waals surface area contributed by atoms with E-state index in [1.54, 1.807) is 36.0 Å². The number of likely N-dealkylation sites (tertiary alicyclic amines) is 1. The molecule has 1 aromatic rings. The van der Waals surface area contributed by atoms with Crippen molar-refractivity contribution in [2.24, 2.45) is 11.8 Å². The first-order chi connectivity index (χ1) is 12.1. The van der Waals surface area contributed by atoms with Crippen LogP contribution in [0.25, 0.3) is 0 Å². The molecule has 1 N–H and O–H groups in total. The number of carbonyl (C=O) groups excluding carboxylic acids is 3. The topological polar surface area (TPSA) is 66.5 Å². The zero-order chi connectivity index (χ0) is 17.8. The van der Waals surface area contributed by atoms with Gasteiger partial charge in [0.2, 0.25) is 11.7 Å². The Labute approximate surface area is 152 Å². The first-order valence-electron chi connectivity index (χ1n) is 8.77. The second kappa shape index (κ2) is 8.04. The van der Waals surface area contributed by atoms with Gasteiger partial charge in [-0.2, -0.15) is 11.8 Å². The van der Waals surface area contributed by atoms with Crippen LogP contribution in [0.15, 0.2) is 30.3 Å². The molecule has 3 rings (SSSR count). The van der Waals surface area contributed by atoms with Gasteiger partial charge in [-0.1, -0.05) is 30.3 Å². The first-order valence-corrected chi connectivity index (χ1v) is 10.2. The average Bonchev–Trinajstić information content (AvgIpc) is 3.40. The molecule has 0 spiro atoms. The van der Waals surface area contributed by atoms with Crippen LogP contribution in [0.2, 0.25) is 0 Å². The Morgan fingerprint density at radius 2 is 1.88 bits per heavy atom. The molecule has 2 atom stereocenters. The summed E-state index contributed by atoms with van der Waals surface area (Å²) in [6.45, 7) is 1.21. The monoisotopic (exact) mass is 360 g/mol. The van der Waals surface area contributed by atoms with Crippen LogP contribution >= 0.6 is 11.8 Å². The van der Waals surface area contributed by atoms with Crippen molar-refractivity contribution in [3.05, 3.63) is 35.9 Å². The lowest BCUT2D eigenvalue weighted by Gasteiger charge is -2.18. The van der Waals surface area contributed by atoms with Gasteiger partial charge in [0.05, 0.1) is 6.04 Å². The largest absolute Gasteiger partial charge is 0.344 e. The maximum Gasteiger partial charge on any atom is 0.292 e. The fourth-order valence-corrected chi connectivity index (χ4v) is 3.87. The molecule has 2 fully saturated rings. The van der Waals surface area contributed by atoms with Crippen LogP contribution in [-0.2, 0) is 9.59 Å². The highest BCUT2D eigenvalue weighted by molar-refractivity contribution is 7.98. The van der Waals surface area contributed by atoms with Crippen molar-refractivity contribution in [1.82, 2.24) is 10.2 Å². The predicted molar refractivity (Wildman–Crippen MR) is 98.5 cm³/mol. The molecule has 6 heteroatoms. The number of ketones is 1. The number of hydrogen-bond acceptors (Lipinski definition) is 4. The van der Waals surface area contributed by atoms with E-state index in [9.17, 15) is 14.4 Å². The van der Waals surface area contributed by atoms with E-state index in [-0.39, 0.29) is 17.9 Å². The van der Waals surface area contributed by atoms with Crippen molar-refractivity contribution in [3.63, 3.8) is 0 Å². The standard InChI is InChI=1S/C19H24N2O3S/c1-25-10-9-17(22)21-11-15(13-7-8-13)16(12-21)20-19(24)18(23)14-5-3-2-4-6-14/h2-6,13,15-16H,7-12H2,1H3,(H,20,24)/t15-,16+/m0/s1. The number of amides is 2. The number of nitrogens with one attached hydrogen (secondary N) is 1. The summed E-state index contributed by atoms with van der Waals surface area (Å²) in [6.07, 6.45) is 4.82. The van der Waals surface area contributed by atoms with Gasteiger partial charge < -0.3 is 10.2 Å². The smallest absolute Gasteiger partial charge is 0.292 e. The van der Waals surface area contributed by atoms with Crippen molar-refractivity contribution >= 4 is 29.4 Å². The lowest BCUT2D eigenvalue weighted by molar-refractivity contribution is -0.130. The zero-order valence-electron chi connectivity index (χ0n) is 14.4. The van der Waals surface area contributed by atoms with Gasteiger partial charge in [0.25, 0.3) is 5.91 Å². The van der Waals surface area contributed by atoms with Crippen LogP contribution in [0, 0.1) is 11.8 Å². The lowest BCUT2D eigenvalue weighted by Crippen LogP contribution is -2.44. The van der Waals surface area contributed by atoms with E-state index < -0.39 is 11.7 Å². The van der Waals surface area contributed by atoms with Gasteiger partial charge >= 0.3 is 0 Å². The molecule has 0 bridgehead atoms. The molecule has 134 valence electrons. The Morgan fingerprint density at radius 1 is 1.16 bits per heavy atom. The molecule has 1 saturated heterocycles. The molecule has 1 aliphatic heterocycles. The molecule has 25 heavy (non-hydrogen) atoms. The number of benzene rings is 1. The molecule has 0 aromatic heterocycles. The van der Waals surface area contributed by atoms with Crippen LogP contribution in [0.4, 0.5) is 0 Å². The van der Waals surface area contributed by atoms with Crippen LogP contribution in [0.3, 0.4) is 0 Å². The number of hydrogen-bond donors (Lipinski definition) is 1. The SMILES string of the molecule is CSCCC(=O)N1C[C@@H](NC(=O)C(=O)c2ccccc2)[C@H](C2CC2)C1. The third-order valence-corrected chi connectivity index (χ3v) is 5.64. The van der Waals surface area contributed by atoms with Gasteiger partial charge in [-0.15, -0.1) is 0 Å². The van der Waals surface area contributed by atoms with E-state index in [1.807, 2.05) is 17.2 Å². The van der Waals surface area contributed by atoms with Gasteiger partial charge in [-0.25, -0.2) is 0 Å². The molecule has 1 saturated carbocycles. The van der Waals surface area contributed by atoms with Gasteiger partial charge in [0.15, 0.2) is 0 Å². The second-order valence-electron chi connectivity index (χ2n) is 6.82. The highest BCUT2D eigenvalue weighted by atomic mass is 32.2. The maximum atomic E-state index is 12.4. The van der Waals surface area contributed by atoms with Crippen molar-refractivity contribution in [2.45, 2.75) is 25.3 Å². The minimum absolute atomic E-state index is 0.120. The molecule has 0 radical (unpaired) electrons. The summed E-state index contributed by atoms with van der Waals surface area (Å²) < 4.78 is 0. The molecule has 2 amide bonds. The summed E-state index contributed by atoms with van der Waals surface area (Å²) >= 11 is 1.66. The maximum absolute atomic E-state index is 12.4. The third kappa shape index (κ3) is 4.42. The summed E-state index contributed by atoms with van der Waals surface area (Å²) in [7, 11) is 0. The molecular weight excluding hydrogens is 336 g/mol. The van der Waals surface area contributed by atoms with E-state index in [0.717, 1.165) is 18.6 Å². The fourth-order valence-electron chi connectivity index (χ4n) is 3.49. The zero-order valence-corrected chi connectivity index (χ0v) is 15.3. The van der Waals surface area contributed by atoms with Crippen molar-refractivity contribution in [2.75, 3.05) is 25.1 Å². The molecule has 2 aliphatic rings. The summed E-state index contributed by atoms with van der Waals surface area (Å²) in [5.74, 6) is 0.711. The number of thioether (sulfide) groups is 1. The molecule has 5 nitrogen and oxygen atoms in total. The Morgan fingerprint density at radius 3 is 2.52 bits per heavy atom. The quantitative estimate of drug-likeness (QED) is 0.596. The second-order valence-corrected chi connectivity index (χ2v) is 7.80. The summed E-state index contributed by atoms with van der Waals surface area (Å²) in [4.78, 5) is 38.8. The van der Waals surface area contributed by atoms with Crippen LogP contribution in [0.1, 0.15) is 29.6 Å². The van der Waals surface area contributed by atoms with Gasteiger partial charge in [0, 0.05) is 36.7 Å². The van der Waals surface area contributed by atoms with E-state index in [4.69, 9.17) is 0 Å². The van der Waals surface area contributed by atoms with Crippen molar-refractivity contribution < 1.29 is 14.4 Å². The van der Waals surface area contributed by atoms with Crippen LogP contribution in [-0.4, -0.2) is 53.6 Å². The Bertz CT molecular complexity index is 645. The third-order valence-electron chi connectivity index (χ3n) is 5.02. The Hall–Kier alpha value is -1.82. The Balaban J connectivity index is 1.62. The van der Waals surface area contributed by atoms with Crippen LogP contribution in [0.5, 0.6) is 0 Å². The average molecular weight is 360 g/mol. The van der Waals surface area contributed by atoms with Crippen LogP contribution < -0.4 is 5.32 Å². The van der Waals surface area contributed by atoms with E-state index in [1.165, 1.54) is 0 Å². The minimum atomic E-state index is -0.569. The summed E-state index contributed by atoms with van der Waals surface area (Å²) in [5, 5.41) is 2.90. The van der Waals surface area contributed by atoms with E-state index >= 15 is 0 Å². The molecular formula is C19H24N2O3S. The van der Waals surface area contributed by atoms with Gasteiger partial charge in [0.1, 0.15) is 0 Å². The van der Waals surface area contributed by atoms with Gasteiger partial charge in [-0.3, -0.25) is 14.4 Å². The predicted octanol–water partition coefficient (Wildman–Crippen LogP) is 1.98. The Kier molecular flexibility index (Phi) is 5.78. The number of rotatable bonds is 7. The van der Waals surface area contributed by atoms with Gasteiger partial charge in [-0.05, 0) is 25.0 Å². The van der Waals surface area contributed by atoms with E-state index in [0.29, 0.717) is 31.0 Å².